The molecule has 28 heavy (non-hydrogen) atoms. The van der Waals surface area contributed by atoms with Crippen molar-refractivity contribution in [1.82, 2.24) is 19.5 Å². The standard InChI is InChI=1S/C19H15N5O4/c1-28-13-9-5-3-7-11(13)24-18-15(22-19(24)27)14(16(20)26)21-17(23-18)10-6-2-4-8-12(10)25/h2-9,25H,1H3,(H2,20,26)(H,22,27). The van der Waals surface area contributed by atoms with Gasteiger partial charge in [0.05, 0.1) is 18.4 Å². The first kappa shape index (κ1) is 17.3. The number of rotatable bonds is 4. The average Bonchev–Trinajstić information content (AvgIpc) is 3.02. The number of nitrogens with one attached hydrogen (secondary N) is 1. The number of carbonyl (C=O) groups is 1. The Balaban J connectivity index is 2.11. The Hall–Kier alpha value is -4.14. The minimum absolute atomic E-state index is 0.0575. The first-order chi connectivity index (χ1) is 13.5. The Morgan fingerprint density at radius 1 is 1.14 bits per heavy atom. The van der Waals surface area contributed by atoms with Crippen molar-refractivity contribution >= 4 is 17.1 Å². The number of aromatic nitrogens is 4. The van der Waals surface area contributed by atoms with Crippen LogP contribution in [0.5, 0.6) is 11.5 Å². The number of hydrogen-bond acceptors (Lipinski definition) is 6. The molecule has 1 amide bonds. The quantitative estimate of drug-likeness (QED) is 0.494. The number of amides is 1. The highest BCUT2D eigenvalue weighted by molar-refractivity contribution is 6.02. The minimum atomic E-state index is -0.836. The maximum absolute atomic E-state index is 12.7. The summed E-state index contributed by atoms with van der Waals surface area (Å²) in [4.78, 5) is 35.8. The van der Waals surface area contributed by atoms with Crippen molar-refractivity contribution in [2.24, 2.45) is 5.73 Å². The zero-order valence-electron chi connectivity index (χ0n) is 14.7. The lowest BCUT2D eigenvalue weighted by Gasteiger charge is -2.10. The van der Waals surface area contributed by atoms with Gasteiger partial charge in [0.25, 0.3) is 5.91 Å². The van der Waals surface area contributed by atoms with Crippen LogP contribution in [0, 0.1) is 0 Å². The molecule has 0 aliphatic heterocycles. The van der Waals surface area contributed by atoms with Crippen LogP contribution in [0.1, 0.15) is 10.5 Å². The highest BCUT2D eigenvalue weighted by Crippen LogP contribution is 2.29. The van der Waals surface area contributed by atoms with E-state index in [-0.39, 0.29) is 28.4 Å². The predicted molar refractivity (Wildman–Crippen MR) is 102 cm³/mol. The van der Waals surface area contributed by atoms with Gasteiger partial charge in [-0.05, 0) is 24.3 Å². The van der Waals surface area contributed by atoms with E-state index >= 15 is 0 Å². The van der Waals surface area contributed by atoms with E-state index < -0.39 is 11.6 Å². The van der Waals surface area contributed by atoms with Gasteiger partial charge >= 0.3 is 5.69 Å². The van der Waals surface area contributed by atoms with Gasteiger partial charge in [0, 0.05) is 0 Å². The van der Waals surface area contributed by atoms with Gasteiger partial charge < -0.3 is 20.6 Å². The van der Waals surface area contributed by atoms with Gasteiger partial charge in [-0.25, -0.2) is 19.3 Å². The highest BCUT2D eigenvalue weighted by Gasteiger charge is 2.22. The summed E-state index contributed by atoms with van der Waals surface area (Å²) in [5.74, 6) is -0.410. The molecule has 0 aliphatic rings. The third-order valence-corrected chi connectivity index (χ3v) is 4.24. The van der Waals surface area contributed by atoms with E-state index in [1.54, 1.807) is 42.5 Å². The number of imidazole rings is 1. The second-order valence-electron chi connectivity index (χ2n) is 5.91. The van der Waals surface area contributed by atoms with E-state index in [1.807, 2.05) is 0 Å². The SMILES string of the molecule is COc1ccccc1-n1c(=O)[nH]c2c(C(N)=O)nc(-c3ccccc3O)nc21. The molecule has 9 nitrogen and oxygen atoms in total. The molecule has 0 aliphatic carbocycles. The zero-order valence-corrected chi connectivity index (χ0v) is 14.7. The highest BCUT2D eigenvalue weighted by atomic mass is 16.5. The van der Waals surface area contributed by atoms with Crippen molar-refractivity contribution < 1.29 is 14.6 Å². The molecular weight excluding hydrogens is 362 g/mol. The van der Waals surface area contributed by atoms with E-state index in [9.17, 15) is 14.7 Å². The lowest BCUT2D eigenvalue weighted by atomic mass is 10.2. The van der Waals surface area contributed by atoms with Gasteiger partial charge in [-0.15, -0.1) is 0 Å². The monoisotopic (exact) mass is 377 g/mol. The molecule has 0 spiro atoms. The zero-order chi connectivity index (χ0) is 19.8. The van der Waals surface area contributed by atoms with Gasteiger partial charge in [-0.3, -0.25) is 4.79 Å². The summed E-state index contributed by atoms with van der Waals surface area (Å²) in [6.07, 6.45) is 0. The summed E-state index contributed by atoms with van der Waals surface area (Å²) < 4.78 is 6.61. The second-order valence-corrected chi connectivity index (χ2v) is 5.91. The van der Waals surface area contributed by atoms with Crippen LogP contribution >= 0.6 is 0 Å². The van der Waals surface area contributed by atoms with Crippen molar-refractivity contribution in [3.05, 3.63) is 64.7 Å². The number of hydrogen-bond donors (Lipinski definition) is 3. The summed E-state index contributed by atoms with van der Waals surface area (Å²) in [5, 5.41) is 10.1. The topological polar surface area (TPSA) is 136 Å². The molecule has 2 aromatic carbocycles. The molecule has 2 heterocycles. The van der Waals surface area contributed by atoms with Crippen molar-refractivity contribution in [2.45, 2.75) is 0 Å². The number of nitrogens with zero attached hydrogens (tertiary/aromatic N) is 3. The normalized spacial score (nSPS) is 10.9. The van der Waals surface area contributed by atoms with Gasteiger partial charge in [0.15, 0.2) is 17.2 Å². The van der Waals surface area contributed by atoms with Gasteiger partial charge in [-0.1, -0.05) is 24.3 Å². The van der Waals surface area contributed by atoms with Crippen molar-refractivity contribution in [2.75, 3.05) is 7.11 Å². The van der Waals surface area contributed by atoms with E-state index in [2.05, 4.69) is 15.0 Å². The number of para-hydroxylation sites is 3. The number of nitrogens with two attached hydrogens (primary N) is 1. The molecule has 9 heteroatoms. The number of phenolic OH excluding ortho intramolecular Hbond substituents is 1. The molecule has 0 radical (unpaired) electrons. The van der Waals surface area contributed by atoms with E-state index in [4.69, 9.17) is 10.5 Å². The summed E-state index contributed by atoms with van der Waals surface area (Å²) in [7, 11) is 1.48. The third-order valence-electron chi connectivity index (χ3n) is 4.24. The third kappa shape index (κ3) is 2.65. The van der Waals surface area contributed by atoms with Crippen molar-refractivity contribution in [1.29, 1.82) is 0 Å². The molecule has 0 atom stereocenters. The Labute approximate surface area is 158 Å². The first-order valence-corrected chi connectivity index (χ1v) is 8.25. The van der Waals surface area contributed by atoms with Crippen LogP contribution in [0.3, 0.4) is 0 Å². The van der Waals surface area contributed by atoms with Crippen LogP contribution < -0.4 is 16.2 Å². The number of primary amides is 1. The van der Waals surface area contributed by atoms with Crippen LogP contribution in [0.25, 0.3) is 28.2 Å². The fourth-order valence-corrected chi connectivity index (χ4v) is 2.98. The van der Waals surface area contributed by atoms with E-state index in [0.29, 0.717) is 17.0 Å². The maximum atomic E-state index is 12.7. The minimum Gasteiger partial charge on any atom is -0.507 e. The molecule has 4 aromatic rings. The molecule has 0 saturated carbocycles. The molecule has 2 aromatic heterocycles. The summed E-state index contributed by atoms with van der Waals surface area (Å²) in [6.45, 7) is 0. The van der Waals surface area contributed by atoms with E-state index in [0.717, 1.165) is 0 Å². The molecule has 0 saturated heterocycles. The Morgan fingerprint density at radius 3 is 2.57 bits per heavy atom. The predicted octanol–water partition coefficient (Wildman–Crippen LogP) is 1.59. The van der Waals surface area contributed by atoms with Gasteiger partial charge in [0.1, 0.15) is 17.0 Å². The number of ether oxygens (including phenoxy) is 1. The van der Waals surface area contributed by atoms with Crippen LogP contribution in [0.2, 0.25) is 0 Å². The van der Waals surface area contributed by atoms with Crippen LogP contribution in [0.15, 0.2) is 53.3 Å². The number of benzene rings is 2. The number of H-pyrrole nitrogens is 1. The fraction of sp³-hybridized carbons (Fsp3) is 0.0526. The molecule has 140 valence electrons. The summed E-state index contributed by atoms with van der Waals surface area (Å²) in [6, 6.07) is 13.3. The number of methoxy groups -OCH3 is 1. The largest absolute Gasteiger partial charge is 0.507 e. The molecule has 0 unspecified atom stereocenters. The van der Waals surface area contributed by atoms with Crippen molar-refractivity contribution in [3.63, 3.8) is 0 Å². The molecule has 0 fully saturated rings. The lowest BCUT2D eigenvalue weighted by Crippen LogP contribution is -2.16. The number of aromatic amines is 1. The summed E-state index contributed by atoms with van der Waals surface area (Å²) in [5.41, 5.74) is 5.74. The van der Waals surface area contributed by atoms with Crippen LogP contribution in [-0.4, -0.2) is 37.6 Å². The molecular formula is C19H15N5O4. The number of fused-ring (bicyclic) bond motifs is 1. The maximum Gasteiger partial charge on any atom is 0.332 e. The van der Waals surface area contributed by atoms with Crippen molar-refractivity contribution in [3.8, 4) is 28.6 Å². The van der Waals surface area contributed by atoms with E-state index in [1.165, 1.54) is 17.7 Å². The Bertz CT molecular complexity index is 1280. The Morgan fingerprint density at radius 2 is 1.86 bits per heavy atom. The number of phenols is 1. The molecule has 4 rings (SSSR count). The second kappa shape index (κ2) is 6.54. The molecule has 0 bridgehead atoms. The van der Waals surface area contributed by atoms with Gasteiger partial charge in [-0.2, -0.15) is 0 Å². The summed E-state index contributed by atoms with van der Waals surface area (Å²) >= 11 is 0. The Kier molecular flexibility index (Phi) is 4.04. The first-order valence-electron chi connectivity index (χ1n) is 8.25. The van der Waals surface area contributed by atoms with Crippen LogP contribution in [0.4, 0.5) is 0 Å². The lowest BCUT2D eigenvalue weighted by molar-refractivity contribution is 0.0997. The fourth-order valence-electron chi connectivity index (χ4n) is 2.98. The molecule has 4 N–H and O–H groups in total. The van der Waals surface area contributed by atoms with Crippen LogP contribution in [-0.2, 0) is 0 Å². The average molecular weight is 377 g/mol. The van der Waals surface area contributed by atoms with Gasteiger partial charge in [0.2, 0.25) is 0 Å². The number of carbonyl (C=O) groups excluding carboxylic acids is 1. The smallest absolute Gasteiger partial charge is 0.332 e. The number of aromatic hydroxyl groups is 1.